The average molecular weight is 484 g/mol. The molecule has 4 aromatic rings. The number of nitrogens with zero attached hydrogens (tertiary/aromatic N) is 2. The van der Waals surface area contributed by atoms with Crippen molar-refractivity contribution in [1.29, 1.82) is 10.7 Å². The fourth-order valence-electron chi connectivity index (χ4n) is 4.15. The third-order valence-corrected chi connectivity index (χ3v) is 6.56. The number of ether oxygens (including phenoxy) is 1. The van der Waals surface area contributed by atoms with Crippen molar-refractivity contribution in [2.45, 2.75) is 25.7 Å². The standard InChI is InChI=1S/C27H25N5O4/c1-4-27(2,26(35)36-3)16-11-18(17-9-14(13-28)5-8-22(17)33)23(34)19(12-16)25-31-20-7-6-15(24(29)30)10-21(20)32-25/h5-12,33-34H,4H2,1-3H3,(H3,29,30)(H,31,32). The van der Waals surface area contributed by atoms with Gasteiger partial charge in [-0.3, -0.25) is 10.2 Å². The second-order valence-corrected chi connectivity index (χ2v) is 8.67. The lowest BCUT2D eigenvalue weighted by molar-refractivity contribution is -0.147. The van der Waals surface area contributed by atoms with Crippen molar-refractivity contribution in [2.75, 3.05) is 7.11 Å². The largest absolute Gasteiger partial charge is 0.507 e. The normalized spacial score (nSPS) is 12.6. The average Bonchev–Trinajstić information content (AvgIpc) is 3.31. The van der Waals surface area contributed by atoms with Gasteiger partial charge in [0.15, 0.2) is 0 Å². The number of amidine groups is 1. The highest BCUT2D eigenvalue weighted by atomic mass is 16.5. The molecular formula is C27H25N5O4. The number of hydrogen-bond acceptors (Lipinski definition) is 7. The van der Waals surface area contributed by atoms with Gasteiger partial charge in [-0.15, -0.1) is 0 Å². The smallest absolute Gasteiger partial charge is 0.315 e. The number of nitriles is 1. The molecule has 0 radical (unpaired) electrons. The summed E-state index contributed by atoms with van der Waals surface area (Å²) in [6.45, 7) is 3.59. The summed E-state index contributed by atoms with van der Waals surface area (Å²) in [5.74, 6) is -0.584. The number of phenols is 2. The first-order valence-electron chi connectivity index (χ1n) is 11.2. The molecule has 0 bridgehead atoms. The number of aromatic hydroxyl groups is 2. The number of H-pyrrole nitrogens is 1. The van der Waals surface area contributed by atoms with E-state index in [0.717, 1.165) is 0 Å². The van der Waals surface area contributed by atoms with Crippen molar-refractivity contribution in [3.05, 3.63) is 65.2 Å². The van der Waals surface area contributed by atoms with Crippen LogP contribution in [0.3, 0.4) is 0 Å². The lowest BCUT2D eigenvalue weighted by Gasteiger charge is -2.27. The predicted molar refractivity (Wildman–Crippen MR) is 136 cm³/mol. The summed E-state index contributed by atoms with van der Waals surface area (Å²) in [5, 5.41) is 39.0. The van der Waals surface area contributed by atoms with Crippen LogP contribution in [0.1, 0.15) is 37.0 Å². The van der Waals surface area contributed by atoms with Gasteiger partial charge in [-0.1, -0.05) is 6.92 Å². The van der Waals surface area contributed by atoms with Crippen LogP contribution in [0.25, 0.3) is 33.5 Å². The van der Waals surface area contributed by atoms with Crippen LogP contribution in [0.15, 0.2) is 48.5 Å². The van der Waals surface area contributed by atoms with Gasteiger partial charge in [0.2, 0.25) is 0 Å². The molecule has 0 aliphatic carbocycles. The first-order valence-corrected chi connectivity index (χ1v) is 11.2. The number of carbonyl (C=O) groups excluding carboxylic acids is 1. The van der Waals surface area contributed by atoms with Crippen molar-refractivity contribution < 1.29 is 19.7 Å². The molecule has 3 aromatic carbocycles. The number of methoxy groups -OCH3 is 1. The molecule has 0 amide bonds. The topological polar surface area (TPSA) is 169 Å². The van der Waals surface area contributed by atoms with E-state index in [4.69, 9.17) is 15.9 Å². The third-order valence-electron chi connectivity index (χ3n) is 6.56. The minimum atomic E-state index is -1.07. The minimum Gasteiger partial charge on any atom is -0.507 e. The Kier molecular flexibility index (Phi) is 6.12. The molecule has 0 aliphatic heterocycles. The first-order chi connectivity index (χ1) is 17.1. The molecule has 1 heterocycles. The highest BCUT2D eigenvalue weighted by molar-refractivity contribution is 5.98. The highest BCUT2D eigenvalue weighted by Gasteiger charge is 2.36. The summed E-state index contributed by atoms with van der Waals surface area (Å²) in [6.07, 6.45) is 0.398. The van der Waals surface area contributed by atoms with Crippen LogP contribution >= 0.6 is 0 Å². The van der Waals surface area contributed by atoms with Gasteiger partial charge in [-0.25, -0.2) is 4.98 Å². The highest BCUT2D eigenvalue weighted by Crippen LogP contribution is 2.45. The summed E-state index contributed by atoms with van der Waals surface area (Å²) in [7, 11) is 1.31. The van der Waals surface area contributed by atoms with Crippen LogP contribution in [-0.4, -0.2) is 39.1 Å². The van der Waals surface area contributed by atoms with Gasteiger partial charge in [0, 0.05) is 16.7 Å². The molecule has 9 nitrogen and oxygen atoms in total. The van der Waals surface area contributed by atoms with Gasteiger partial charge in [-0.05, 0) is 67.4 Å². The zero-order valence-corrected chi connectivity index (χ0v) is 20.0. The summed E-state index contributed by atoms with van der Waals surface area (Å²) < 4.78 is 5.08. The van der Waals surface area contributed by atoms with Crippen molar-refractivity contribution in [1.82, 2.24) is 9.97 Å². The number of esters is 1. The van der Waals surface area contributed by atoms with Crippen molar-refractivity contribution in [2.24, 2.45) is 5.73 Å². The molecule has 6 N–H and O–H groups in total. The van der Waals surface area contributed by atoms with Gasteiger partial charge in [-0.2, -0.15) is 5.26 Å². The molecule has 4 rings (SSSR count). The Bertz CT molecular complexity index is 1570. The monoisotopic (exact) mass is 483 g/mol. The number of aromatic amines is 1. The van der Waals surface area contributed by atoms with Gasteiger partial charge in [0.05, 0.1) is 40.8 Å². The number of hydrogen-bond donors (Lipinski definition) is 5. The van der Waals surface area contributed by atoms with Crippen molar-refractivity contribution >= 4 is 22.8 Å². The summed E-state index contributed by atoms with van der Waals surface area (Å²) >= 11 is 0. The van der Waals surface area contributed by atoms with E-state index in [1.165, 1.54) is 25.3 Å². The zero-order valence-electron chi connectivity index (χ0n) is 20.0. The Hall–Kier alpha value is -4.84. The Morgan fingerprint density at radius 3 is 2.53 bits per heavy atom. The van der Waals surface area contributed by atoms with Crippen LogP contribution in [0.4, 0.5) is 0 Å². The van der Waals surface area contributed by atoms with E-state index in [9.17, 15) is 20.3 Å². The number of fused-ring (bicyclic) bond motifs is 1. The molecule has 182 valence electrons. The van der Waals surface area contributed by atoms with E-state index in [1.807, 2.05) is 13.0 Å². The molecule has 1 unspecified atom stereocenters. The van der Waals surface area contributed by atoms with Crippen LogP contribution in [0, 0.1) is 16.7 Å². The van der Waals surface area contributed by atoms with Gasteiger partial charge < -0.3 is 25.7 Å². The number of aromatic nitrogens is 2. The number of nitrogen functional groups attached to an aromatic ring is 1. The van der Waals surface area contributed by atoms with Gasteiger partial charge in [0.1, 0.15) is 23.2 Å². The van der Waals surface area contributed by atoms with Crippen molar-refractivity contribution in [3.63, 3.8) is 0 Å². The molecule has 0 spiro atoms. The van der Waals surface area contributed by atoms with Crippen LogP contribution in [-0.2, 0) is 14.9 Å². The second kappa shape index (κ2) is 9.07. The Labute approximate surface area is 207 Å². The first kappa shape index (κ1) is 24.3. The van der Waals surface area contributed by atoms with Crippen LogP contribution in [0.5, 0.6) is 11.5 Å². The van der Waals surface area contributed by atoms with Crippen LogP contribution < -0.4 is 5.73 Å². The van der Waals surface area contributed by atoms with Gasteiger partial charge >= 0.3 is 5.97 Å². The van der Waals surface area contributed by atoms with E-state index in [2.05, 4.69) is 9.97 Å². The maximum atomic E-state index is 12.8. The zero-order chi connectivity index (χ0) is 26.2. The van der Waals surface area contributed by atoms with E-state index < -0.39 is 11.4 Å². The van der Waals surface area contributed by atoms with E-state index >= 15 is 0 Å². The minimum absolute atomic E-state index is 0.0989. The molecule has 1 aromatic heterocycles. The number of phenolic OH excluding ortho intramolecular Hbond substituents is 2. The number of benzene rings is 3. The van der Waals surface area contributed by atoms with E-state index in [1.54, 1.807) is 37.3 Å². The van der Waals surface area contributed by atoms with Gasteiger partial charge in [0.25, 0.3) is 0 Å². The number of nitrogens with two attached hydrogens (primary N) is 1. The summed E-state index contributed by atoms with van der Waals surface area (Å²) in [6, 6.07) is 14.7. The molecule has 1 atom stereocenters. The lowest BCUT2D eigenvalue weighted by atomic mass is 9.78. The molecule has 0 saturated heterocycles. The fourth-order valence-corrected chi connectivity index (χ4v) is 4.15. The SMILES string of the molecule is CCC(C)(C(=O)OC)c1cc(-c2nc3cc(C(=N)N)ccc3[nH]2)c(O)c(-c2cc(C#N)ccc2O)c1. The van der Waals surface area contributed by atoms with Crippen LogP contribution in [0.2, 0.25) is 0 Å². The maximum absolute atomic E-state index is 12.8. The second-order valence-electron chi connectivity index (χ2n) is 8.67. The van der Waals surface area contributed by atoms with E-state index in [0.29, 0.717) is 40.0 Å². The molecule has 0 fully saturated rings. The number of rotatable bonds is 6. The number of nitrogens with one attached hydrogen (secondary N) is 2. The fraction of sp³-hybridized carbons (Fsp3) is 0.185. The third kappa shape index (κ3) is 3.99. The van der Waals surface area contributed by atoms with E-state index in [-0.39, 0.29) is 34.0 Å². The Morgan fingerprint density at radius 1 is 1.17 bits per heavy atom. The summed E-state index contributed by atoms with van der Waals surface area (Å²) in [4.78, 5) is 20.6. The van der Waals surface area contributed by atoms with Crippen molar-refractivity contribution in [3.8, 4) is 40.1 Å². The number of imidazole rings is 1. The molecular weight excluding hydrogens is 458 g/mol. The molecule has 0 aliphatic rings. The Morgan fingerprint density at radius 2 is 1.89 bits per heavy atom. The quantitative estimate of drug-likeness (QED) is 0.155. The maximum Gasteiger partial charge on any atom is 0.315 e. The Balaban J connectivity index is 2.04. The molecule has 36 heavy (non-hydrogen) atoms. The molecule has 9 heteroatoms. The number of carbonyl (C=O) groups is 1. The summed E-state index contributed by atoms with van der Waals surface area (Å²) in [5.41, 5.74) is 7.80. The lowest BCUT2D eigenvalue weighted by Crippen LogP contribution is -2.33. The predicted octanol–water partition coefficient (Wildman–Crippen LogP) is 4.30. The molecule has 0 saturated carbocycles.